The van der Waals surface area contributed by atoms with E-state index in [0.717, 1.165) is 17.8 Å². The van der Waals surface area contributed by atoms with Crippen molar-refractivity contribution in [2.24, 2.45) is 23.2 Å². The van der Waals surface area contributed by atoms with E-state index in [9.17, 15) is 0 Å². The predicted molar refractivity (Wildman–Crippen MR) is 68.3 cm³/mol. The largest absolute Gasteiger partial charge is 0.220 e. The van der Waals surface area contributed by atoms with Crippen molar-refractivity contribution in [1.82, 2.24) is 4.42 Å². The monoisotopic (exact) mass is 241 g/mol. The van der Waals surface area contributed by atoms with Crippen LogP contribution >= 0.6 is 11.8 Å². The van der Waals surface area contributed by atoms with Crippen LogP contribution in [0.5, 0.6) is 0 Å². The van der Waals surface area contributed by atoms with Gasteiger partial charge in [-0.3, -0.25) is 0 Å². The summed E-state index contributed by atoms with van der Waals surface area (Å²) in [6.45, 7) is 2.28. The van der Waals surface area contributed by atoms with Crippen LogP contribution < -0.4 is 0 Å². The lowest BCUT2D eigenvalue weighted by molar-refractivity contribution is -0.0638. The molecule has 0 N–H and O–H groups in total. The summed E-state index contributed by atoms with van der Waals surface area (Å²) in [5.74, 6) is 3.21. The number of nitrogens with zero attached hydrogens (tertiary/aromatic N) is 1. The van der Waals surface area contributed by atoms with Crippen LogP contribution in [0.25, 0.3) is 0 Å². The Morgan fingerprint density at radius 3 is 1.94 bits per heavy atom. The van der Waals surface area contributed by atoms with E-state index >= 15 is 0 Å². The molecule has 1 unspecified atom stereocenters. The molecule has 4 rings (SSSR count). The molecular weight excluding hydrogens is 218 g/mol. The van der Waals surface area contributed by atoms with Gasteiger partial charge in [0.15, 0.2) is 0 Å². The van der Waals surface area contributed by atoms with Crippen LogP contribution in [0.3, 0.4) is 0 Å². The molecule has 0 amide bonds. The van der Waals surface area contributed by atoms with Gasteiger partial charge in [0.1, 0.15) is 0 Å². The summed E-state index contributed by atoms with van der Waals surface area (Å²) in [4.78, 5) is 0. The van der Waals surface area contributed by atoms with E-state index in [0.29, 0.717) is 11.5 Å². The molecule has 92 valence electrons. The van der Waals surface area contributed by atoms with Crippen LogP contribution in [0.15, 0.2) is 0 Å². The zero-order valence-corrected chi connectivity index (χ0v) is 11.3. The summed E-state index contributed by atoms with van der Waals surface area (Å²) in [5, 5.41) is 0. The number of halogens is 1. The summed E-state index contributed by atoms with van der Waals surface area (Å²) >= 11 is 6.10. The Hall–Kier alpha value is 0.250. The third-order valence-corrected chi connectivity index (χ3v) is 5.83. The SMILES string of the molecule is CC(CC12CC3CC(CC(C3)C1)C2)N(C)Cl. The molecule has 1 atom stereocenters. The predicted octanol–water partition coefficient (Wildman–Crippen LogP) is 4.07. The fourth-order valence-electron chi connectivity index (χ4n) is 5.29. The summed E-state index contributed by atoms with van der Waals surface area (Å²) in [5.41, 5.74) is 0.678. The van der Waals surface area contributed by atoms with Gasteiger partial charge in [-0.05, 0) is 86.8 Å². The average molecular weight is 242 g/mol. The van der Waals surface area contributed by atoms with Gasteiger partial charge >= 0.3 is 0 Å². The lowest BCUT2D eigenvalue weighted by atomic mass is 9.48. The molecule has 0 aliphatic heterocycles. The molecule has 4 bridgehead atoms. The van der Waals surface area contributed by atoms with Crippen molar-refractivity contribution in [1.29, 1.82) is 0 Å². The third kappa shape index (κ3) is 1.90. The van der Waals surface area contributed by atoms with Gasteiger partial charge in [0, 0.05) is 13.1 Å². The van der Waals surface area contributed by atoms with E-state index in [2.05, 4.69) is 6.92 Å². The van der Waals surface area contributed by atoms with E-state index in [1.165, 1.54) is 25.7 Å². The van der Waals surface area contributed by atoms with Gasteiger partial charge < -0.3 is 0 Å². The minimum absolute atomic E-state index is 0.540. The summed E-state index contributed by atoms with van der Waals surface area (Å²) in [6.07, 6.45) is 10.5. The highest BCUT2D eigenvalue weighted by Gasteiger charge is 2.51. The maximum atomic E-state index is 6.10. The molecular formula is C14H24ClN. The van der Waals surface area contributed by atoms with Gasteiger partial charge in [-0.15, -0.1) is 0 Å². The summed E-state index contributed by atoms with van der Waals surface area (Å²) < 4.78 is 1.89. The summed E-state index contributed by atoms with van der Waals surface area (Å²) in [6, 6.07) is 0.540. The van der Waals surface area contributed by atoms with Crippen molar-refractivity contribution in [2.75, 3.05) is 7.05 Å². The number of rotatable bonds is 3. The van der Waals surface area contributed by atoms with Crippen molar-refractivity contribution in [3.63, 3.8) is 0 Å². The third-order valence-electron chi connectivity index (χ3n) is 5.50. The maximum absolute atomic E-state index is 6.10. The molecule has 0 radical (unpaired) electrons. The Morgan fingerprint density at radius 1 is 1.12 bits per heavy atom. The molecule has 4 saturated carbocycles. The first-order valence-corrected chi connectivity index (χ1v) is 7.29. The lowest BCUT2D eigenvalue weighted by Gasteiger charge is -2.57. The second-order valence-corrected chi connectivity index (χ2v) is 7.53. The van der Waals surface area contributed by atoms with Crippen LogP contribution in [-0.4, -0.2) is 17.5 Å². The second kappa shape index (κ2) is 3.88. The minimum atomic E-state index is 0.540. The Labute approximate surface area is 105 Å². The minimum Gasteiger partial charge on any atom is -0.220 e. The maximum Gasteiger partial charge on any atom is 0.0225 e. The van der Waals surface area contributed by atoms with E-state index in [1.807, 2.05) is 11.5 Å². The van der Waals surface area contributed by atoms with Crippen LogP contribution in [0.2, 0.25) is 0 Å². The molecule has 0 aromatic heterocycles. The molecule has 4 aliphatic rings. The summed E-state index contributed by atoms with van der Waals surface area (Å²) in [7, 11) is 2.01. The van der Waals surface area contributed by atoms with Gasteiger partial charge in [-0.25, -0.2) is 4.42 Å². The fourth-order valence-corrected chi connectivity index (χ4v) is 5.36. The highest BCUT2D eigenvalue weighted by Crippen LogP contribution is 2.61. The van der Waals surface area contributed by atoms with Crippen molar-refractivity contribution in [3.8, 4) is 0 Å². The highest BCUT2D eigenvalue weighted by molar-refractivity contribution is 6.13. The van der Waals surface area contributed by atoms with Crippen LogP contribution in [0.1, 0.15) is 51.9 Å². The highest BCUT2D eigenvalue weighted by atomic mass is 35.5. The molecule has 0 aromatic carbocycles. The molecule has 2 heteroatoms. The Balaban J connectivity index is 1.73. The normalized spacial score (nSPS) is 47.6. The lowest BCUT2D eigenvalue weighted by Crippen LogP contribution is -2.48. The van der Waals surface area contributed by atoms with Gasteiger partial charge in [-0.1, -0.05) is 0 Å². The Kier molecular flexibility index (Phi) is 2.75. The first-order chi connectivity index (χ1) is 7.56. The molecule has 1 nitrogen and oxygen atoms in total. The smallest absolute Gasteiger partial charge is 0.0225 e. The average Bonchev–Trinajstić information content (AvgIpc) is 2.13. The molecule has 0 heterocycles. The number of hydrogen-bond donors (Lipinski definition) is 0. The molecule has 0 aromatic rings. The topological polar surface area (TPSA) is 3.24 Å². The fraction of sp³-hybridized carbons (Fsp3) is 1.00. The number of hydrogen-bond acceptors (Lipinski definition) is 1. The standard InChI is InChI=1S/C14H24ClN/c1-10(16(2)15)6-14-7-11-3-12(8-14)5-13(4-11)9-14/h10-13H,3-9H2,1-2H3. The molecule has 16 heavy (non-hydrogen) atoms. The van der Waals surface area contributed by atoms with Gasteiger partial charge in [0.2, 0.25) is 0 Å². The van der Waals surface area contributed by atoms with E-state index in [-0.39, 0.29) is 0 Å². The Morgan fingerprint density at radius 2 is 1.56 bits per heavy atom. The van der Waals surface area contributed by atoms with Crippen molar-refractivity contribution in [2.45, 2.75) is 57.9 Å². The van der Waals surface area contributed by atoms with Crippen LogP contribution in [-0.2, 0) is 0 Å². The zero-order valence-electron chi connectivity index (χ0n) is 10.6. The quantitative estimate of drug-likeness (QED) is 0.674. The van der Waals surface area contributed by atoms with Crippen LogP contribution in [0.4, 0.5) is 0 Å². The van der Waals surface area contributed by atoms with Crippen molar-refractivity contribution < 1.29 is 0 Å². The van der Waals surface area contributed by atoms with E-state index in [4.69, 9.17) is 11.8 Å². The van der Waals surface area contributed by atoms with Gasteiger partial charge in [-0.2, -0.15) is 0 Å². The second-order valence-electron chi connectivity index (χ2n) is 7.00. The van der Waals surface area contributed by atoms with Gasteiger partial charge in [0.25, 0.3) is 0 Å². The van der Waals surface area contributed by atoms with Crippen LogP contribution in [0, 0.1) is 23.2 Å². The van der Waals surface area contributed by atoms with E-state index < -0.39 is 0 Å². The zero-order chi connectivity index (χ0) is 11.3. The molecule has 0 saturated heterocycles. The van der Waals surface area contributed by atoms with E-state index in [1.54, 1.807) is 19.3 Å². The molecule has 0 spiro atoms. The molecule has 4 aliphatic carbocycles. The first-order valence-electron chi connectivity index (χ1n) is 6.95. The van der Waals surface area contributed by atoms with Crippen molar-refractivity contribution in [3.05, 3.63) is 0 Å². The van der Waals surface area contributed by atoms with Gasteiger partial charge in [0.05, 0.1) is 0 Å². The van der Waals surface area contributed by atoms with Crippen molar-refractivity contribution >= 4 is 11.8 Å². The Bertz CT molecular complexity index is 239. The molecule has 4 fully saturated rings. The first kappa shape index (κ1) is 11.3.